The molecule has 0 aliphatic carbocycles. The number of anilines is 1. The summed E-state index contributed by atoms with van der Waals surface area (Å²) in [6.07, 6.45) is 0. The van der Waals surface area contributed by atoms with Crippen molar-refractivity contribution in [2.45, 2.75) is 0 Å². The van der Waals surface area contributed by atoms with E-state index < -0.39 is 23.8 Å². The number of aliphatic carboxylic acids is 2. The van der Waals surface area contributed by atoms with Crippen LogP contribution in [0.15, 0.2) is 24.3 Å². The first-order valence-corrected chi connectivity index (χ1v) is 6.61. The summed E-state index contributed by atoms with van der Waals surface area (Å²) < 4.78 is 1.06. The fraction of sp³-hybridized carbons (Fsp3) is 0.250. The number of carbonyl (C=O) groups excluding carboxylic acids is 1. The lowest BCUT2D eigenvalue weighted by Gasteiger charge is -2.20. The molecule has 1 amide bonds. The molecular formula is C12H13IN2O5. The minimum Gasteiger partial charge on any atom is -0.480 e. The highest BCUT2D eigenvalue weighted by Crippen LogP contribution is 2.14. The quantitative estimate of drug-likeness (QED) is 0.372. The van der Waals surface area contributed by atoms with E-state index in [4.69, 9.17) is 10.2 Å². The summed E-state index contributed by atoms with van der Waals surface area (Å²) in [6, 6.07) is 7.43. The summed E-state index contributed by atoms with van der Waals surface area (Å²) in [6.45, 7) is 0.0104. The molecule has 0 atom stereocenters. The van der Waals surface area contributed by atoms with Crippen LogP contribution >= 0.6 is 22.6 Å². The third-order valence-electron chi connectivity index (χ3n) is 2.51. The van der Waals surface area contributed by atoms with Gasteiger partial charge in [0.1, 0.15) is 0 Å². The zero-order valence-corrected chi connectivity index (χ0v) is 12.7. The summed E-state index contributed by atoms with van der Waals surface area (Å²) in [5, 5.41) is 19.6. The average molecular weight is 392 g/mol. The molecule has 0 bridgehead atoms. The van der Waals surface area contributed by atoms with E-state index in [1.807, 2.05) is 24.3 Å². The van der Waals surface area contributed by atoms with Crippen LogP contribution in [0.5, 0.6) is 0 Å². The van der Waals surface area contributed by atoms with Gasteiger partial charge in [-0.3, -0.25) is 14.4 Å². The highest BCUT2D eigenvalue weighted by atomic mass is 127. The molecule has 0 aromatic heterocycles. The van der Waals surface area contributed by atoms with Crippen LogP contribution in [0.1, 0.15) is 0 Å². The van der Waals surface area contributed by atoms with Gasteiger partial charge in [-0.25, -0.2) is 0 Å². The van der Waals surface area contributed by atoms with Crippen molar-refractivity contribution in [1.82, 2.24) is 5.32 Å². The van der Waals surface area contributed by atoms with Crippen LogP contribution in [0.2, 0.25) is 0 Å². The number of benzene rings is 1. The van der Waals surface area contributed by atoms with Gasteiger partial charge < -0.3 is 20.4 Å². The van der Waals surface area contributed by atoms with E-state index in [-0.39, 0.29) is 6.67 Å². The SMILES string of the molecule is CN(CNC(=O)C(C(=O)O)C(=O)O)c1ccc(I)cc1. The van der Waals surface area contributed by atoms with Crippen molar-refractivity contribution in [3.05, 3.63) is 27.8 Å². The number of nitrogens with zero attached hydrogens (tertiary/aromatic N) is 1. The zero-order chi connectivity index (χ0) is 15.3. The molecule has 0 unspecified atom stereocenters. The van der Waals surface area contributed by atoms with Crippen LogP contribution in [0.25, 0.3) is 0 Å². The summed E-state index contributed by atoms with van der Waals surface area (Å²) in [4.78, 5) is 34.5. The van der Waals surface area contributed by atoms with E-state index in [0.717, 1.165) is 9.26 Å². The van der Waals surface area contributed by atoms with Gasteiger partial charge in [0.2, 0.25) is 11.8 Å². The van der Waals surface area contributed by atoms with Crippen LogP contribution in [0.3, 0.4) is 0 Å². The number of carbonyl (C=O) groups is 3. The number of hydrogen-bond acceptors (Lipinski definition) is 4. The third kappa shape index (κ3) is 4.37. The minimum atomic E-state index is -2.10. The Kier molecular flexibility index (Phi) is 5.74. The smallest absolute Gasteiger partial charge is 0.327 e. The van der Waals surface area contributed by atoms with Gasteiger partial charge in [-0.15, -0.1) is 0 Å². The number of carboxylic acids is 2. The van der Waals surface area contributed by atoms with Crippen molar-refractivity contribution in [1.29, 1.82) is 0 Å². The molecule has 0 spiro atoms. The molecule has 0 heterocycles. The molecule has 0 aliphatic heterocycles. The average Bonchev–Trinajstić information content (AvgIpc) is 2.36. The third-order valence-corrected chi connectivity index (χ3v) is 3.23. The lowest BCUT2D eigenvalue weighted by atomic mass is 10.1. The Hall–Kier alpha value is -1.84. The number of rotatable bonds is 6. The monoisotopic (exact) mass is 392 g/mol. The Morgan fingerprint density at radius 2 is 1.70 bits per heavy atom. The molecule has 1 aromatic rings. The second-order valence-electron chi connectivity index (χ2n) is 3.98. The first-order valence-electron chi connectivity index (χ1n) is 5.53. The summed E-state index contributed by atoms with van der Waals surface area (Å²) >= 11 is 2.16. The number of carboxylic acid groups (broad SMARTS) is 2. The Labute approximate surface area is 128 Å². The molecule has 0 saturated carbocycles. The molecule has 8 heteroatoms. The molecule has 0 saturated heterocycles. The number of halogens is 1. The molecule has 1 rings (SSSR count). The van der Waals surface area contributed by atoms with E-state index >= 15 is 0 Å². The standard InChI is InChI=1S/C12H13IN2O5/c1-15(8-4-2-7(13)3-5-8)6-14-10(16)9(11(17)18)12(19)20/h2-5,9H,6H2,1H3,(H,14,16)(H,17,18)(H,19,20). The van der Waals surface area contributed by atoms with E-state index in [0.29, 0.717) is 0 Å². The maximum Gasteiger partial charge on any atom is 0.327 e. The zero-order valence-electron chi connectivity index (χ0n) is 10.5. The highest BCUT2D eigenvalue weighted by Gasteiger charge is 2.33. The lowest BCUT2D eigenvalue weighted by molar-refractivity contribution is -0.158. The van der Waals surface area contributed by atoms with Crippen molar-refractivity contribution >= 4 is 46.1 Å². The normalized spacial score (nSPS) is 10.2. The Morgan fingerprint density at radius 3 is 2.15 bits per heavy atom. The van der Waals surface area contributed by atoms with Crippen molar-refractivity contribution in [2.24, 2.45) is 5.92 Å². The Bertz CT molecular complexity index is 503. The molecule has 0 radical (unpaired) electrons. The van der Waals surface area contributed by atoms with Crippen molar-refractivity contribution in [2.75, 3.05) is 18.6 Å². The molecule has 0 fully saturated rings. The summed E-state index contributed by atoms with van der Waals surface area (Å²) in [5.74, 6) is -6.53. The van der Waals surface area contributed by atoms with Gasteiger partial charge in [0, 0.05) is 16.3 Å². The van der Waals surface area contributed by atoms with Gasteiger partial charge in [-0.1, -0.05) is 0 Å². The predicted molar refractivity (Wildman–Crippen MR) is 79.3 cm³/mol. The lowest BCUT2D eigenvalue weighted by Crippen LogP contribution is -2.44. The number of amides is 1. The predicted octanol–water partition coefficient (Wildman–Crippen LogP) is 0.586. The second-order valence-corrected chi connectivity index (χ2v) is 5.23. The Morgan fingerprint density at radius 1 is 1.20 bits per heavy atom. The van der Waals surface area contributed by atoms with Crippen LogP contribution in [0.4, 0.5) is 5.69 Å². The fourth-order valence-corrected chi connectivity index (χ4v) is 1.77. The fourth-order valence-electron chi connectivity index (χ4n) is 1.42. The molecule has 1 aromatic carbocycles. The van der Waals surface area contributed by atoms with Crippen molar-refractivity contribution in [3.63, 3.8) is 0 Å². The van der Waals surface area contributed by atoms with Gasteiger partial charge >= 0.3 is 11.9 Å². The maximum atomic E-state index is 11.5. The van der Waals surface area contributed by atoms with E-state index in [9.17, 15) is 14.4 Å². The highest BCUT2D eigenvalue weighted by molar-refractivity contribution is 14.1. The topological polar surface area (TPSA) is 107 Å². The molecule has 0 aliphatic rings. The second kappa shape index (κ2) is 7.08. The van der Waals surface area contributed by atoms with Crippen LogP contribution in [-0.4, -0.2) is 41.8 Å². The number of nitrogens with one attached hydrogen (secondary N) is 1. The molecule has 3 N–H and O–H groups in total. The number of hydrogen-bond donors (Lipinski definition) is 3. The van der Waals surface area contributed by atoms with E-state index in [1.165, 1.54) is 0 Å². The van der Waals surface area contributed by atoms with Crippen molar-refractivity contribution < 1.29 is 24.6 Å². The summed E-state index contributed by atoms with van der Waals surface area (Å²) in [5.41, 5.74) is 0.813. The van der Waals surface area contributed by atoms with Gasteiger partial charge in [0.25, 0.3) is 0 Å². The Balaban J connectivity index is 2.62. The first-order chi connectivity index (χ1) is 9.32. The van der Waals surface area contributed by atoms with Crippen LogP contribution in [-0.2, 0) is 14.4 Å². The van der Waals surface area contributed by atoms with E-state index in [1.54, 1.807) is 11.9 Å². The van der Waals surface area contributed by atoms with Crippen LogP contribution in [0, 0.1) is 9.49 Å². The van der Waals surface area contributed by atoms with Gasteiger partial charge in [0.15, 0.2) is 0 Å². The van der Waals surface area contributed by atoms with Gasteiger partial charge in [-0.05, 0) is 46.9 Å². The molecule has 7 nitrogen and oxygen atoms in total. The van der Waals surface area contributed by atoms with Crippen molar-refractivity contribution in [3.8, 4) is 0 Å². The van der Waals surface area contributed by atoms with Crippen LogP contribution < -0.4 is 10.2 Å². The maximum absolute atomic E-state index is 11.5. The minimum absolute atomic E-state index is 0.0104. The van der Waals surface area contributed by atoms with E-state index in [2.05, 4.69) is 27.9 Å². The summed E-state index contributed by atoms with van der Waals surface area (Å²) in [7, 11) is 1.69. The first kappa shape index (κ1) is 16.2. The molecular weight excluding hydrogens is 379 g/mol. The molecule has 20 heavy (non-hydrogen) atoms. The van der Waals surface area contributed by atoms with Gasteiger partial charge in [-0.2, -0.15) is 0 Å². The van der Waals surface area contributed by atoms with Gasteiger partial charge in [0.05, 0.1) is 6.67 Å². The largest absolute Gasteiger partial charge is 0.480 e. The molecule has 108 valence electrons.